The minimum atomic E-state index is -2.05. The zero-order valence-corrected chi connectivity index (χ0v) is 38.0. The second-order valence-electron chi connectivity index (χ2n) is 18.9. The predicted molar refractivity (Wildman–Crippen MR) is 234 cm³/mol. The number of hydrogen-bond acceptors (Lipinski definition) is 6. The third-order valence-corrected chi connectivity index (χ3v) is 21.8. The van der Waals surface area contributed by atoms with Crippen molar-refractivity contribution in [1.82, 2.24) is 4.90 Å². The first kappa shape index (κ1) is 43.0. The summed E-state index contributed by atoms with van der Waals surface area (Å²) in [5.74, 6) is 2.71. The van der Waals surface area contributed by atoms with E-state index in [-0.39, 0.29) is 21.9 Å². The molecule has 1 amide bonds. The van der Waals surface area contributed by atoms with Gasteiger partial charge in [0.15, 0.2) is 8.32 Å². The highest BCUT2D eigenvalue weighted by Crippen LogP contribution is 2.42. The van der Waals surface area contributed by atoms with E-state index in [0.717, 1.165) is 61.8 Å². The summed E-state index contributed by atoms with van der Waals surface area (Å²) in [6.07, 6.45) is 8.04. The standard InChI is InChI=1S/C46H70N2O5Si2/c1-45(2,3)54(8,9)52-31-29-48(44(49)35-18-21-39(22-19-35)51-30-28-47-26-14-12-13-15-27-47)43-34-40(50-7)24-25-42(43)38-17-16-37-33-41(23-20-36(37)32-38)53-55(10,11)46(4,5)6/h18-25,33-34,38H,12-17,26-32H2,1-11H3. The van der Waals surface area contributed by atoms with E-state index >= 15 is 0 Å². The van der Waals surface area contributed by atoms with E-state index in [1.54, 1.807) is 7.11 Å². The van der Waals surface area contributed by atoms with Gasteiger partial charge in [0.05, 0.1) is 19.4 Å². The molecule has 7 nitrogen and oxygen atoms in total. The first-order chi connectivity index (χ1) is 25.9. The predicted octanol–water partition coefficient (Wildman–Crippen LogP) is 11.3. The molecule has 5 rings (SSSR count). The summed E-state index contributed by atoms with van der Waals surface area (Å²) in [7, 11) is -2.30. The first-order valence-corrected chi connectivity index (χ1v) is 26.6. The maximum Gasteiger partial charge on any atom is 0.258 e. The zero-order valence-electron chi connectivity index (χ0n) is 36.0. The normalized spacial score (nSPS) is 17.3. The Bertz CT molecular complexity index is 1720. The van der Waals surface area contributed by atoms with Crippen LogP contribution in [0.15, 0.2) is 60.7 Å². The summed E-state index contributed by atoms with van der Waals surface area (Å²) in [4.78, 5) is 19.1. The van der Waals surface area contributed by atoms with Crippen molar-refractivity contribution in [2.24, 2.45) is 0 Å². The van der Waals surface area contributed by atoms with Crippen LogP contribution >= 0.6 is 0 Å². The van der Waals surface area contributed by atoms with Crippen molar-refractivity contribution in [1.29, 1.82) is 0 Å². The number of nitrogens with zero attached hydrogens (tertiary/aromatic N) is 2. The van der Waals surface area contributed by atoms with Gasteiger partial charge in [-0.05, 0) is 147 Å². The summed E-state index contributed by atoms with van der Waals surface area (Å²) in [5.41, 5.74) is 5.41. The molecule has 2 aliphatic rings. The molecule has 0 spiro atoms. The number of anilines is 1. The highest BCUT2D eigenvalue weighted by Gasteiger charge is 2.40. The minimum absolute atomic E-state index is 0.0481. The Kier molecular flexibility index (Phi) is 14.1. The van der Waals surface area contributed by atoms with Crippen LogP contribution in [0.3, 0.4) is 0 Å². The molecule has 1 atom stereocenters. The lowest BCUT2D eigenvalue weighted by molar-refractivity contribution is 0.0981. The van der Waals surface area contributed by atoms with Gasteiger partial charge < -0.3 is 23.2 Å². The fourth-order valence-electron chi connectivity index (χ4n) is 7.18. The van der Waals surface area contributed by atoms with Crippen LogP contribution < -0.4 is 18.8 Å². The molecule has 3 aromatic carbocycles. The van der Waals surface area contributed by atoms with Crippen molar-refractivity contribution in [2.75, 3.05) is 51.4 Å². The average molecular weight is 787 g/mol. The van der Waals surface area contributed by atoms with Crippen LogP contribution in [0.1, 0.15) is 107 Å². The molecule has 1 unspecified atom stereocenters. The van der Waals surface area contributed by atoms with Gasteiger partial charge in [-0.15, -0.1) is 0 Å². The first-order valence-electron chi connectivity index (χ1n) is 20.8. The Morgan fingerprint density at radius 2 is 1.40 bits per heavy atom. The Hall–Kier alpha value is -3.12. The number of benzene rings is 3. The van der Waals surface area contributed by atoms with Crippen molar-refractivity contribution in [3.05, 3.63) is 82.9 Å². The molecular weight excluding hydrogens is 717 g/mol. The van der Waals surface area contributed by atoms with Crippen LogP contribution in [0, 0.1) is 0 Å². The number of hydrogen-bond donors (Lipinski definition) is 0. The van der Waals surface area contributed by atoms with Gasteiger partial charge in [-0.25, -0.2) is 0 Å². The van der Waals surface area contributed by atoms with Crippen LogP contribution in [0.25, 0.3) is 0 Å². The lowest BCUT2D eigenvalue weighted by atomic mass is 9.79. The maximum atomic E-state index is 14.7. The maximum absolute atomic E-state index is 14.7. The van der Waals surface area contributed by atoms with Crippen LogP contribution in [0.4, 0.5) is 5.69 Å². The van der Waals surface area contributed by atoms with Gasteiger partial charge >= 0.3 is 0 Å². The molecule has 0 bridgehead atoms. The second kappa shape index (κ2) is 18.0. The van der Waals surface area contributed by atoms with E-state index in [4.69, 9.17) is 18.3 Å². The number of fused-ring (bicyclic) bond motifs is 1. The molecule has 0 saturated carbocycles. The zero-order chi connectivity index (χ0) is 40.0. The number of ether oxygens (including phenoxy) is 2. The molecule has 1 heterocycles. The minimum Gasteiger partial charge on any atom is -0.543 e. The fraction of sp³-hybridized carbons (Fsp3) is 0.587. The van der Waals surface area contributed by atoms with Gasteiger partial charge in [-0.1, -0.05) is 66.5 Å². The fourth-order valence-corrected chi connectivity index (χ4v) is 9.24. The van der Waals surface area contributed by atoms with Crippen LogP contribution in [0.2, 0.25) is 36.3 Å². The van der Waals surface area contributed by atoms with Crippen molar-refractivity contribution >= 4 is 28.2 Å². The van der Waals surface area contributed by atoms with E-state index in [2.05, 4.69) is 96.9 Å². The van der Waals surface area contributed by atoms with Crippen LogP contribution in [-0.2, 0) is 17.3 Å². The molecule has 1 saturated heterocycles. The molecule has 1 fully saturated rings. The number of carbonyl (C=O) groups is 1. The molecular formula is C46H70N2O5Si2. The highest BCUT2D eigenvalue weighted by atomic mass is 28.4. The van der Waals surface area contributed by atoms with Gasteiger partial charge in [0.1, 0.15) is 23.9 Å². The summed E-state index contributed by atoms with van der Waals surface area (Å²) >= 11 is 0. The molecule has 0 radical (unpaired) electrons. The van der Waals surface area contributed by atoms with Gasteiger partial charge in [0, 0.05) is 24.7 Å². The van der Waals surface area contributed by atoms with Crippen molar-refractivity contribution in [3.63, 3.8) is 0 Å². The Balaban J connectivity index is 1.39. The van der Waals surface area contributed by atoms with E-state index in [0.29, 0.717) is 25.3 Å². The number of carbonyl (C=O) groups excluding carboxylic acids is 1. The van der Waals surface area contributed by atoms with E-state index in [1.165, 1.54) is 42.4 Å². The Morgan fingerprint density at radius 3 is 2.04 bits per heavy atom. The van der Waals surface area contributed by atoms with Crippen LogP contribution in [0.5, 0.6) is 17.2 Å². The lowest BCUT2D eigenvalue weighted by Crippen LogP contribution is -2.44. The average Bonchev–Trinajstić information content (AvgIpc) is 3.41. The molecule has 0 aromatic heterocycles. The van der Waals surface area contributed by atoms with Gasteiger partial charge in [-0.2, -0.15) is 0 Å². The van der Waals surface area contributed by atoms with Gasteiger partial charge in [0.2, 0.25) is 8.32 Å². The smallest absolute Gasteiger partial charge is 0.258 e. The number of amides is 1. The molecule has 3 aromatic rings. The molecule has 55 heavy (non-hydrogen) atoms. The second-order valence-corrected chi connectivity index (χ2v) is 28.4. The number of rotatable bonds is 14. The number of methoxy groups -OCH3 is 1. The Morgan fingerprint density at radius 1 is 0.764 bits per heavy atom. The quantitative estimate of drug-likeness (QED) is 0.152. The molecule has 1 aliphatic heterocycles. The van der Waals surface area contributed by atoms with Crippen LogP contribution in [-0.4, -0.2) is 73.9 Å². The summed E-state index contributed by atoms with van der Waals surface area (Å²) in [6.45, 7) is 27.5. The molecule has 0 N–H and O–H groups in total. The Labute approximate surface area is 335 Å². The summed E-state index contributed by atoms with van der Waals surface area (Å²) in [6, 6.07) is 20.7. The SMILES string of the molecule is COc1ccc(C2CCc3cc(O[Si](C)(C)C(C)(C)C)ccc3C2)c(N(CCO[Si](C)(C)C(C)(C)C)C(=O)c2ccc(OCCN3CCCCCC3)cc2)c1. The van der Waals surface area contributed by atoms with E-state index < -0.39 is 16.6 Å². The topological polar surface area (TPSA) is 60.5 Å². The third-order valence-electron chi connectivity index (χ3n) is 12.9. The van der Waals surface area contributed by atoms with E-state index in [1.807, 2.05) is 41.3 Å². The van der Waals surface area contributed by atoms with Crippen molar-refractivity contribution < 1.29 is 23.1 Å². The van der Waals surface area contributed by atoms with Gasteiger partial charge in [0.25, 0.3) is 5.91 Å². The van der Waals surface area contributed by atoms with Crippen molar-refractivity contribution in [2.45, 2.75) is 129 Å². The molecule has 302 valence electrons. The largest absolute Gasteiger partial charge is 0.543 e. The number of aryl methyl sites for hydroxylation is 1. The van der Waals surface area contributed by atoms with Crippen molar-refractivity contribution in [3.8, 4) is 17.2 Å². The summed E-state index contributed by atoms with van der Waals surface area (Å²) in [5, 5.41) is 0.205. The highest BCUT2D eigenvalue weighted by molar-refractivity contribution is 6.75. The third kappa shape index (κ3) is 11.1. The summed E-state index contributed by atoms with van der Waals surface area (Å²) < 4.78 is 25.3. The molecule has 1 aliphatic carbocycles. The molecule has 9 heteroatoms. The lowest BCUT2D eigenvalue weighted by Gasteiger charge is -2.37. The monoisotopic (exact) mass is 786 g/mol. The number of likely N-dealkylation sites (tertiary alicyclic amines) is 1. The van der Waals surface area contributed by atoms with E-state index in [9.17, 15) is 4.79 Å². The van der Waals surface area contributed by atoms with Gasteiger partial charge in [-0.3, -0.25) is 9.69 Å².